The van der Waals surface area contributed by atoms with E-state index < -0.39 is 0 Å². The predicted molar refractivity (Wildman–Crippen MR) is 90.2 cm³/mol. The van der Waals surface area contributed by atoms with Crippen LogP contribution in [0.15, 0.2) is 0 Å². The molecule has 1 aliphatic rings. The van der Waals surface area contributed by atoms with Crippen LogP contribution in [0.1, 0.15) is 74.1 Å². The third-order valence-corrected chi connectivity index (χ3v) is 4.76. The molecule has 0 amide bonds. The smallest absolute Gasteiger partial charge is 0.0220 e. The first-order valence-electron chi connectivity index (χ1n) is 8.62. The molecule has 120 valence electrons. The highest BCUT2D eigenvalue weighted by molar-refractivity contribution is 4.85. The molecule has 2 heteroatoms. The minimum atomic E-state index is 0.232. The highest BCUT2D eigenvalue weighted by Crippen LogP contribution is 2.34. The number of rotatable bonds is 5. The molecule has 1 rings (SSSR count). The van der Waals surface area contributed by atoms with Gasteiger partial charge in [-0.2, -0.15) is 0 Å². The second-order valence-electron chi connectivity index (χ2n) is 8.75. The highest BCUT2D eigenvalue weighted by Gasteiger charge is 2.31. The van der Waals surface area contributed by atoms with Crippen LogP contribution in [0.5, 0.6) is 0 Å². The van der Waals surface area contributed by atoms with Gasteiger partial charge in [0.15, 0.2) is 0 Å². The Hall–Kier alpha value is -0.0800. The molecule has 1 heterocycles. The first kappa shape index (κ1) is 18.0. The van der Waals surface area contributed by atoms with E-state index >= 15 is 0 Å². The van der Waals surface area contributed by atoms with Gasteiger partial charge >= 0.3 is 0 Å². The summed E-state index contributed by atoms with van der Waals surface area (Å²) < 4.78 is 0. The summed E-state index contributed by atoms with van der Waals surface area (Å²) >= 11 is 0. The minimum Gasteiger partial charge on any atom is -0.311 e. The predicted octanol–water partition coefficient (Wildman–Crippen LogP) is 4.30. The lowest BCUT2D eigenvalue weighted by Gasteiger charge is -2.42. The number of nitrogens with one attached hydrogen (secondary N) is 1. The van der Waals surface area contributed by atoms with Gasteiger partial charge in [-0.3, -0.25) is 4.90 Å². The van der Waals surface area contributed by atoms with Gasteiger partial charge in [-0.25, -0.2) is 0 Å². The molecule has 0 aromatic carbocycles. The molecule has 0 aromatic heterocycles. The lowest BCUT2D eigenvalue weighted by Crippen LogP contribution is -2.50. The first-order valence-corrected chi connectivity index (χ1v) is 8.62. The Bertz CT molecular complexity index is 264. The van der Waals surface area contributed by atoms with Crippen LogP contribution >= 0.6 is 0 Å². The molecule has 1 aliphatic heterocycles. The van der Waals surface area contributed by atoms with E-state index in [4.69, 9.17) is 0 Å². The minimum absolute atomic E-state index is 0.232. The van der Waals surface area contributed by atoms with Crippen LogP contribution in [0.4, 0.5) is 0 Å². The molecule has 0 radical (unpaired) electrons. The van der Waals surface area contributed by atoms with Crippen LogP contribution < -0.4 is 5.32 Å². The summed E-state index contributed by atoms with van der Waals surface area (Å²) in [4.78, 5) is 2.74. The van der Waals surface area contributed by atoms with E-state index in [1.165, 1.54) is 38.8 Å². The van der Waals surface area contributed by atoms with Crippen LogP contribution in [0.25, 0.3) is 0 Å². The number of nitrogens with zero attached hydrogens (tertiary/aromatic N) is 1. The molecule has 1 fully saturated rings. The molecule has 1 saturated heterocycles. The molecule has 2 nitrogen and oxygen atoms in total. The van der Waals surface area contributed by atoms with Crippen molar-refractivity contribution < 1.29 is 0 Å². The van der Waals surface area contributed by atoms with E-state index in [-0.39, 0.29) is 5.54 Å². The topological polar surface area (TPSA) is 15.3 Å². The monoisotopic (exact) mass is 282 g/mol. The molecular formula is C18H38N2. The summed E-state index contributed by atoms with van der Waals surface area (Å²) in [5.74, 6) is 0.900. The van der Waals surface area contributed by atoms with Gasteiger partial charge in [-0.1, -0.05) is 34.1 Å². The Balaban J connectivity index is 2.49. The van der Waals surface area contributed by atoms with Gasteiger partial charge in [-0.05, 0) is 64.5 Å². The zero-order valence-electron chi connectivity index (χ0n) is 15.1. The zero-order chi connectivity index (χ0) is 15.4. The highest BCUT2D eigenvalue weighted by atomic mass is 15.2. The Morgan fingerprint density at radius 3 is 2.00 bits per heavy atom. The number of piperidine rings is 1. The quantitative estimate of drug-likeness (QED) is 0.808. The normalized spacial score (nSPS) is 21.1. The molecule has 0 aliphatic carbocycles. The SMILES string of the molecule is CCCC(CNC(C)(C)C)N1CCC(C(C)(C)C)CC1. The van der Waals surface area contributed by atoms with Crippen LogP contribution in [0, 0.1) is 11.3 Å². The Kier molecular flexibility index (Phi) is 6.53. The van der Waals surface area contributed by atoms with Crippen LogP contribution in [0.3, 0.4) is 0 Å². The number of likely N-dealkylation sites (tertiary alicyclic amines) is 1. The van der Waals surface area contributed by atoms with E-state index in [9.17, 15) is 0 Å². The summed E-state index contributed by atoms with van der Waals surface area (Å²) in [5, 5.41) is 3.70. The van der Waals surface area contributed by atoms with Crippen molar-refractivity contribution in [3.8, 4) is 0 Å². The molecule has 1 atom stereocenters. The Morgan fingerprint density at radius 1 is 1.05 bits per heavy atom. The lowest BCUT2D eigenvalue weighted by atomic mass is 9.75. The van der Waals surface area contributed by atoms with Crippen molar-refractivity contribution in [1.29, 1.82) is 0 Å². The van der Waals surface area contributed by atoms with Gasteiger partial charge in [0.25, 0.3) is 0 Å². The molecular weight excluding hydrogens is 244 g/mol. The number of hydrogen-bond acceptors (Lipinski definition) is 2. The van der Waals surface area contributed by atoms with E-state index in [1.807, 2.05) is 0 Å². The van der Waals surface area contributed by atoms with Gasteiger partial charge in [0.2, 0.25) is 0 Å². The van der Waals surface area contributed by atoms with Crippen molar-refractivity contribution in [1.82, 2.24) is 10.2 Å². The van der Waals surface area contributed by atoms with Crippen molar-refractivity contribution in [3.05, 3.63) is 0 Å². The average Bonchev–Trinajstić information content (AvgIpc) is 2.32. The fourth-order valence-corrected chi connectivity index (χ4v) is 3.30. The molecule has 0 aromatic rings. The van der Waals surface area contributed by atoms with Crippen LogP contribution in [-0.4, -0.2) is 36.1 Å². The Morgan fingerprint density at radius 2 is 1.60 bits per heavy atom. The van der Waals surface area contributed by atoms with Crippen molar-refractivity contribution in [3.63, 3.8) is 0 Å². The molecule has 0 spiro atoms. The van der Waals surface area contributed by atoms with Crippen molar-refractivity contribution in [2.24, 2.45) is 11.3 Å². The van der Waals surface area contributed by atoms with E-state index in [0.717, 1.165) is 18.5 Å². The maximum atomic E-state index is 3.70. The first-order chi connectivity index (χ1) is 9.13. The molecule has 1 unspecified atom stereocenters. The third kappa shape index (κ3) is 6.13. The number of hydrogen-bond donors (Lipinski definition) is 1. The maximum Gasteiger partial charge on any atom is 0.0220 e. The van der Waals surface area contributed by atoms with E-state index in [1.54, 1.807) is 0 Å². The summed E-state index contributed by atoms with van der Waals surface area (Å²) in [6.07, 6.45) is 5.36. The second-order valence-corrected chi connectivity index (χ2v) is 8.75. The van der Waals surface area contributed by atoms with E-state index in [0.29, 0.717) is 5.41 Å². The lowest BCUT2D eigenvalue weighted by molar-refractivity contribution is 0.0763. The van der Waals surface area contributed by atoms with Gasteiger partial charge in [0.1, 0.15) is 0 Å². The van der Waals surface area contributed by atoms with Crippen LogP contribution in [0.2, 0.25) is 0 Å². The summed E-state index contributed by atoms with van der Waals surface area (Å²) in [5.41, 5.74) is 0.714. The maximum absolute atomic E-state index is 3.70. The van der Waals surface area contributed by atoms with Crippen molar-refractivity contribution in [2.45, 2.75) is 85.7 Å². The van der Waals surface area contributed by atoms with Gasteiger partial charge < -0.3 is 5.32 Å². The molecule has 1 N–H and O–H groups in total. The van der Waals surface area contributed by atoms with Gasteiger partial charge in [-0.15, -0.1) is 0 Å². The third-order valence-electron chi connectivity index (χ3n) is 4.76. The largest absolute Gasteiger partial charge is 0.311 e. The molecule has 20 heavy (non-hydrogen) atoms. The van der Waals surface area contributed by atoms with Gasteiger partial charge in [0, 0.05) is 18.1 Å². The summed E-state index contributed by atoms with van der Waals surface area (Å²) in [6.45, 7) is 20.0. The fraction of sp³-hybridized carbons (Fsp3) is 1.00. The Labute approximate surface area is 127 Å². The van der Waals surface area contributed by atoms with Gasteiger partial charge in [0.05, 0.1) is 0 Å². The summed E-state index contributed by atoms with van der Waals surface area (Å²) in [7, 11) is 0. The average molecular weight is 283 g/mol. The zero-order valence-corrected chi connectivity index (χ0v) is 15.1. The van der Waals surface area contributed by atoms with Crippen LogP contribution in [-0.2, 0) is 0 Å². The standard InChI is InChI=1S/C18H38N2/c1-8-9-16(14-19-18(5,6)7)20-12-10-15(11-13-20)17(2,3)4/h15-16,19H,8-14H2,1-7H3. The van der Waals surface area contributed by atoms with E-state index in [2.05, 4.69) is 58.7 Å². The molecule has 0 bridgehead atoms. The van der Waals surface area contributed by atoms with Crippen molar-refractivity contribution in [2.75, 3.05) is 19.6 Å². The second kappa shape index (κ2) is 7.26. The van der Waals surface area contributed by atoms with Crippen molar-refractivity contribution >= 4 is 0 Å². The molecule has 0 saturated carbocycles. The fourth-order valence-electron chi connectivity index (χ4n) is 3.30. The summed E-state index contributed by atoms with van der Waals surface area (Å²) in [6, 6.07) is 0.722.